The van der Waals surface area contributed by atoms with E-state index in [-0.39, 0.29) is 11.2 Å². The van der Waals surface area contributed by atoms with Crippen molar-refractivity contribution in [3.8, 4) is 5.69 Å². The Labute approximate surface area is 191 Å². The number of hydrogen-bond donors (Lipinski definition) is 1. The molecule has 0 radical (unpaired) electrons. The molecule has 3 nitrogen and oxygen atoms in total. The first-order chi connectivity index (χ1) is 14.8. The van der Waals surface area contributed by atoms with Crippen LogP contribution in [0.5, 0.6) is 0 Å². The molecule has 6 heteroatoms. The minimum atomic E-state index is -0.805. The van der Waals surface area contributed by atoms with Gasteiger partial charge in [-0.25, -0.2) is 9.07 Å². The highest BCUT2D eigenvalue weighted by atomic mass is 35.5. The molecule has 2 aliphatic rings. The van der Waals surface area contributed by atoms with Gasteiger partial charge in [0.25, 0.3) is 0 Å². The number of hydrogen-bond acceptors (Lipinski definition) is 2. The summed E-state index contributed by atoms with van der Waals surface area (Å²) in [6.07, 6.45) is 7.74. The van der Waals surface area contributed by atoms with Gasteiger partial charge in [-0.2, -0.15) is 5.10 Å². The Morgan fingerprint density at radius 1 is 1.13 bits per heavy atom. The Kier molecular flexibility index (Phi) is 5.00. The van der Waals surface area contributed by atoms with Crippen molar-refractivity contribution in [2.24, 2.45) is 5.41 Å². The molecule has 0 aliphatic heterocycles. The number of aromatic nitrogens is 2. The van der Waals surface area contributed by atoms with Crippen LogP contribution in [-0.2, 0) is 12.8 Å². The smallest absolute Gasteiger partial charge is 0.123 e. The average molecular weight is 457 g/mol. The van der Waals surface area contributed by atoms with E-state index in [0.717, 1.165) is 48.2 Å². The fraction of sp³-hybridized carbons (Fsp3) is 0.320. The predicted molar refractivity (Wildman–Crippen MR) is 122 cm³/mol. The van der Waals surface area contributed by atoms with Crippen LogP contribution in [0.2, 0.25) is 10.0 Å². The van der Waals surface area contributed by atoms with Crippen LogP contribution < -0.4 is 0 Å². The summed E-state index contributed by atoms with van der Waals surface area (Å²) in [6.45, 7) is 2.17. The number of fused-ring (bicyclic) bond motifs is 2. The number of halogens is 3. The summed E-state index contributed by atoms with van der Waals surface area (Å²) >= 11 is 12.2. The summed E-state index contributed by atoms with van der Waals surface area (Å²) in [5, 5.41) is 17.4. The molecular weight excluding hydrogens is 434 g/mol. The summed E-state index contributed by atoms with van der Waals surface area (Å²) < 4.78 is 15.2. The van der Waals surface area contributed by atoms with Crippen LogP contribution in [0.15, 0.2) is 54.2 Å². The molecule has 0 saturated heterocycles. The van der Waals surface area contributed by atoms with Crippen molar-refractivity contribution in [2.45, 2.75) is 44.6 Å². The van der Waals surface area contributed by atoms with E-state index < -0.39 is 5.60 Å². The molecule has 2 atom stereocenters. The summed E-state index contributed by atoms with van der Waals surface area (Å²) in [5.74, 6) is -0.265. The van der Waals surface area contributed by atoms with Gasteiger partial charge in [0.05, 0.1) is 33.2 Å². The zero-order valence-corrected chi connectivity index (χ0v) is 18.7. The standard InChI is InChI=1S/C25H23Cl2FN2O/c1-24-14-17-15-29-30(20-5-3-19(28)4-6-20)23(17)13-18(24)9-11-25(24,31)10-8-16-2-7-21(26)22(27)12-16/h2-7,12-13,15,31H,8-11,14H2,1H3/t24-,25-/m0/s1. The van der Waals surface area contributed by atoms with Gasteiger partial charge in [0.15, 0.2) is 0 Å². The zero-order valence-electron chi connectivity index (χ0n) is 17.2. The minimum Gasteiger partial charge on any atom is -0.389 e. The molecule has 1 fully saturated rings. The summed E-state index contributed by atoms with van der Waals surface area (Å²) in [6, 6.07) is 12.0. The van der Waals surface area contributed by atoms with E-state index in [1.165, 1.54) is 17.7 Å². The number of nitrogens with zero attached hydrogens (tertiary/aromatic N) is 2. The number of rotatable bonds is 4. The predicted octanol–water partition coefficient (Wildman–Crippen LogP) is 6.42. The van der Waals surface area contributed by atoms with E-state index in [9.17, 15) is 9.50 Å². The largest absolute Gasteiger partial charge is 0.389 e. The van der Waals surface area contributed by atoms with E-state index >= 15 is 0 Å². The highest BCUT2D eigenvalue weighted by molar-refractivity contribution is 6.42. The monoisotopic (exact) mass is 456 g/mol. The Morgan fingerprint density at radius 3 is 2.65 bits per heavy atom. The molecule has 160 valence electrons. The maximum atomic E-state index is 13.3. The molecule has 5 rings (SSSR count). The SMILES string of the molecule is C[C@]12Cc3cnn(-c4ccc(F)cc4)c3C=C1CC[C@@]2(O)CCc1ccc(Cl)c(Cl)c1. The molecule has 0 bridgehead atoms. The molecule has 1 N–H and O–H groups in total. The Bertz CT molecular complexity index is 1190. The van der Waals surface area contributed by atoms with Crippen molar-refractivity contribution in [1.82, 2.24) is 9.78 Å². The van der Waals surface area contributed by atoms with Crippen molar-refractivity contribution in [1.29, 1.82) is 0 Å². The van der Waals surface area contributed by atoms with Gasteiger partial charge >= 0.3 is 0 Å². The second kappa shape index (κ2) is 7.47. The number of aryl methyl sites for hydroxylation is 1. The van der Waals surface area contributed by atoms with Crippen molar-refractivity contribution in [3.05, 3.63) is 86.9 Å². The molecule has 0 spiro atoms. The van der Waals surface area contributed by atoms with Crippen LogP contribution >= 0.6 is 23.2 Å². The lowest BCUT2D eigenvalue weighted by molar-refractivity contribution is -0.0461. The first-order valence-corrected chi connectivity index (χ1v) is 11.2. The topological polar surface area (TPSA) is 38.0 Å². The molecule has 1 heterocycles. The maximum absolute atomic E-state index is 13.3. The molecule has 1 saturated carbocycles. The highest BCUT2D eigenvalue weighted by Crippen LogP contribution is 2.56. The molecular formula is C25H23Cl2FN2O. The van der Waals surface area contributed by atoms with Crippen molar-refractivity contribution >= 4 is 29.3 Å². The third-order valence-electron chi connectivity index (χ3n) is 7.17. The zero-order chi connectivity index (χ0) is 21.8. The third-order valence-corrected chi connectivity index (χ3v) is 7.91. The van der Waals surface area contributed by atoms with Gasteiger partial charge < -0.3 is 5.11 Å². The normalized spacial score (nSPS) is 24.6. The van der Waals surface area contributed by atoms with Gasteiger partial charge in [-0.3, -0.25) is 0 Å². The van der Waals surface area contributed by atoms with Crippen LogP contribution in [-0.4, -0.2) is 20.5 Å². The first kappa shape index (κ1) is 20.7. The highest BCUT2D eigenvalue weighted by Gasteiger charge is 2.54. The summed E-state index contributed by atoms with van der Waals surface area (Å²) in [5.41, 5.74) is 4.13. The minimum absolute atomic E-state index is 0.265. The third kappa shape index (κ3) is 3.42. The lowest BCUT2D eigenvalue weighted by Gasteiger charge is -2.42. The van der Waals surface area contributed by atoms with E-state index in [2.05, 4.69) is 18.1 Å². The summed E-state index contributed by atoms with van der Waals surface area (Å²) in [4.78, 5) is 0. The van der Waals surface area contributed by atoms with E-state index in [0.29, 0.717) is 16.5 Å². The molecule has 1 aromatic heterocycles. The van der Waals surface area contributed by atoms with Crippen molar-refractivity contribution in [2.75, 3.05) is 0 Å². The van der Waals surface area contributed by atoms with E-state index in [1.54, 1.807) is 12.1 Å². The Morgan fingerprint density at radius 2 is 1.90 bits per heavy atom. The fourth-order valence-corrected chi connectivity index (χ4v) is 5.49. The molecule has 31 heavy (non-hydrogen) atoms. The molecule has 3 aromatic rings. The van der Waals surface area contributed by atoms with Gasteiger partial charge in [0, 0.05) is 5.41 Å². The van der Waals surface area contributed by atoms with Crippen molar-refractivity contribution < 1.29 is 9.50 Å². The average Bonchev–Trinajstić information content (AvgIpc) is 3.26. The van der Waals surface area contributed by atoms with Crippen LogP contribution in [0.25, 0.3) is 11.8 Å². The number of aliphatic hydroxyl groups is 1. The van der Waals surface area contributed by atoms with Crippen LogP contribution in [0.3, 0.4) is 0 Å². The van der Waals surface area contributed by atoms with E-state index in [1.807, 2.05) is 29.1 Å². The summed E-state index contributed by atoms with van der Waals surface area (Å²) in [7, 11) is 0. The van der Waals surface area contributed by atoms with Crippen molar-refractivity contribution in [3.63, 3.8) is 0 Å². The van der Waals surface area contributed by atoms with Gasteiger partial charge in [-0.05, 0) is 85.7 Å². The van der Waals surface area contributed by atoms with Gasteiger partial charge in [0.1, 0.15) is 5.82 Å². The molecule has 0 unspecified atom stereocenters. The first-order valence-electron chi connectivity index (χ1n) is 10.5. The molecule has 2 aromatic carbocycles. The lowest BCUT2D eigenvalue weighted by Crippen LogP contribution is -2.45. The van der Waals surface area contributed by atoms with Crippen LogP contribution in [0.4, 0.5) is 4.39 Å². The van der Waals surface area contributed by atoms with Crippen LogP contribution in [0.1, 0.15) is 43.0 Å². The Hall–Kier alpha value is -2.14. The van der Waals surface area contributed by atoms with E-state index in [4.69, 9.17) is 23.2 Å². The number of benzene rings is 2. The lowest BCUT2D eigenvalue weighted by atomic mass is 9.65. The quantitative estimate of drug-likeness (QED) is 0.491. The fourth-order valence-electron chi connectivity index (χ4n) is 5.16. The molecule has 2 aliphatic carbocycles. The van der Waals surface area contributed by atoms with Crippen LogP contribution in [0, 0.1) is 11.2 Å². The van der Waals surface area contributed by atoms with Gasteiger partial charge in [-0.1, -0.05) is 41.8 Å². The second-order valence-electron chi connectivity index (χ2n) is 8.90. The van der Waals surface area contributed by atoms with Gasteiger partial charge in [0.2, 0.25) is 0 Å². The molecule has 0 amide bonds. The second-order valence-corrected chi connectivity index (χ2v) is 9.72. The Balaban J connectivity index is 1.42. The maximum Gasteiger partial charge on any atom is 0.123 e. The van der Waals surface area contributed by atoms with Gasteiger partial charge in [-0.15, -0.1) is 0 Å².